The lowest BCUT2D eigenvalue weighted by molar-refractivity contribution is -0.137. The van der Waals surface area contributed by atoms with Crippen LogP contribution >= 0.6 is 0 Å². The number of hydrogen-bond acceptors (Lipinski definition) is 3. The number of urea groups is 1. The molecule has 6 nitrogen and oxygen atoms in total. The molecular weight excluding hydrogens is 399 g/mol. The van der Waals surface area contributed by atoms with Gasteiger partial charge in [-0.25, -0.2) is 4.79 Å². The number of alkyl halides is 3. The predicted molar refractivity (Wildman–Crippen MR) is 106 cm³/mol. The Kier molecular flexibility index (Phi) is 5.75. The summed E-state index contributed by atoms with van der Waals surface area (Å²) in [5.41, 5.74) is -0.574. The van der Waals surface area contributed by atoms with Gasteiger partial charge in [-0.2, -0.15) is 13.2 Å². The average molecular weight is 425 g/mol. The van der Waals surface area contributed by atoms with Gasteiger partial charge in [0.05, 0.1) is 11.3 Å². The third-order valence-electron chi connectivity index (χ3n) is 5.52. The van der Waals surface area contributed by atoms with Crippen molar-refractivity contribution in [1.29, 1.82) is 0 Å². The van der Waals surface area contributed by atoms with Gasteiger partial charge in [0, 0.05) is 44.2 Å². The van der Waals surface area contributed by atoms with Crippen LogP contribution in [0.15, 0.2) is 23.8 Å². The first kappa shape index (κ1) is 22.0. The summed E-state index contributed by atoms with van der Waals surface area (Å²) in [6, 6.07) is 2.97. The predicted octanol–water partition coefficient (Wildman–Crippen LogP) is 3.87. The smallest absolute Gasteiger partial charge is 0.416 e. The third kappa shape index (κ3) is 4.11. The number of rotatable bonds is 4. The summed E-state index contributed by atoms with van der Waals surface area (Å²) in [7, 11) is 1.64. The van der Waals surface area contributed by atoms with Crippen LogP contribution in [0.25, 0.3) is 5.70 Å². The van der Waals surface area contributed by atoms with Crippen LogP contribution in [0.3, 0.4) is 0 Å². The fraction of sp³-hybridized carbons (Fsp3) is 0.524. The molecule has 1 saturated heterocycles. The number of hydrogen-bond donors (Lipinski definition) is 1. The quantitative estimate of drug-likeness (QED) is 0.797. The summed E-state index contributed by atoms with van der Waals surface area (Å²) in [4.78, 5) is 27.8. The van der Waals surface area contributed by atoms with Gasteiger partial charge in [0.2, 0.25) is 5.91 Å². The molecule has 0 unspecified atom stereocenters. The van der Waals surface area contributed by atoms with Crippen molar-refractivity contribution in [2.24, 2.45) is 0 Å². The summed E-state index contributed by atoms with van der Waals surface area (Å²) in [6.45, 7) is 6.34. The van der Waals surface area contributed by atoms with Crippen LogP contribution in [-0.2, 0) is 11.0 Å². The topological polar surface area (TPSA) is 61.9 Å². The van der Waals surface area contributed by atoms with E-state index in [-0.39, 0.29) is 29.8 Å². The Hall–Kier alpha value is -2.71. The maximum absolute atomic E-state index is 13.4. The lowest BCUT2D eigenvalue weighted by Crippen LogP contribution is -2.45. The minimum Gasteiger partial charge on any atom is -0.483 e. The molecule has 0 bridgehead atoms. The molecule has 0 aromatic heterocycles. The molecular formula is C21H26F3N3O3. The molecule has 1 N–H and O–H groups in total. The lowest BCUT2D eigenvalue weighted by Gasteiger charge is -2.40. The van der Waals surface area contributed by atoms with Gasteiger partial charge in [-0.3, -0.25) is 4.79 Å². The number of likely N-dealkylation sites (tertiary alicyclic amines) is 1. The number of fused-ring (bicyclic) bond motifs is 1. The van der Waals surface area contributed by atoms with E-state index in [0.29, 0.717) is 37.2 Å². The molecule has 9 heteroatoms. The maximum atomic E-state index is 13.4. The molecule has 3 amide bonds. The van der Waals surface area contributed by atoms with Crippen LogP contribution in [0, 0.1) is 0 Å². The van der Waals surface area contributed by atoms with Crippen LogP contribution in [0.4, 0.5) is 18.0 Å². The van der Waals surface area contributed by atoms with Gasteiger partial charge in [0.1, 0.15) is 11.4 Å². The van der Waals surface area contributed by atoms with Crippen molar-refractivity contribution in [3.63, 3.8) is 0 Å². The van der Waals surface area contributed by atoms with Crippen LogP contribution < -0.4 is 10.1 Å². The van der Waals surface area contributed by atoms with Crippen molar-refractivity contribution in [2.75, 3.05) is 26.7 Å². The standard InChI is InChI=1S/C21H26F3N3O3/c1-5-26(4)19(29)25-12-15-18(27-10-6-7-17(27)28)14-11-13(21(22,23)24)8-9-16(14)30-20(15,2)3/h8-9,11H,5-7,10,12H2,1-4H3,(H,25,29). The van der Waals surface area contributed by atoms with Crippen LogP contribution in [-0.4, -0.2) is 54.0 Å². The molecule has 2 heterocycles. The van der Waals surface area contributed by atoms with Crippen LogP contribution in [0.2, 0.25) is 0 Å². The summed E-state index contributed by atoms with van der Waals surface area (Å²) in [5.74, 6) is 0.129. The highest BCUT2D eigenvalue weighted by Crippen LogP contribution is 2.45. The van der Waals surface area contributed by atoms with Gasteiger partial charge in [-0.1, -0.05) is 0 Å². The van der Waals surface area contributed by atoms with E-state index in [1.165, 1.54) is 15.9 Å². The molecule has 1 aromatic rings. The number of amides is 3. The Morgan fingerprint density at radius 1 is 1.33 bits per heavy atom. The summed E-state index contributed by atoms with van der Waals surface area (Å²) < 4.78 is 46.1. The van der Waals surface area contributed by atoms with Crippen LogP contribution in [0.1, 0.15) is 44.7 Å². The maximum Gasteiger partial charge on any atom is 0.416 e. The van der Waals surface area contributed by atoms with Crippen molar-refractivity contribution in [3.05, 3.63) is 34.9 Å². The van der Waals surface area contributed by atoms with Crippen molar-refractivity contribution >= 4 is 17.6 Å². The second kappa shape index (κ2) is 7.85. The monoisotopic (exact) mass is 425 g/mol. The van der Waals surface area contributed by atoms with E-state index in [0.717, 1.165) is 12.1 Å². The molecule has 1 aromatic carbocycles. The van der Waals surface area contributed by atoms with Gasteiger partial charge in [0.25, 0.3) is 0 Å². The zero-order valence-electron chi connectivity index (χ0n) is 17.5. The number of carbonyl (C=O) groups is 2. The number of nitrogens with one attached hydrogen (secondary N) is 1. The molecule has 2 aliphatic heterocycles. The number of halogens is 3. The third-order valence-corrected chi connectivity index (χ3v) is 5.52. The second-order valence-corrected chi connectivity index (χ2v) is 7.97. The van der Waals surface area contributed by atoms with Gasteiger partial charge in [-0.15, -0.1) is 0 Å². The molecule has 164 valence electrons. The van der Waals surface area contributed by atoms with E-state index < -0.39 is 17.3 Å². The molecule has 0 saturated carbocycles. The van der Waals surface area contributed by atoms with Gasteiger partial charge in [0.15, 0.2) is 0 Å². The highest BCUT2D eigenvalue weighted by Gasteiger charge is 2.41. The van der Waals surface area contributed by atoms with E-state index >= 15 is 0 Å². The van der Waals surface area contributed by atoms with E-state index in [1.807, 2.05) is 6.92 Å². The van der Waals surface area contributed by atoms with Crippen LogP contribution in [0.5, 0.6) is 5.75 Å². The van der Waals surface area contributed by atoms with Gasteiger partial charge < -0.3 is 19.9 Å². The minimum absolute atomic E-state index is 0.0466. The molecule has 0 atom stereocenters. The number of carbonyl (C=O) groups excluding carboxylic acids is 2. The number of nitrogens with zero attached hydrogens (tertiary/aromatic N) is 2. The fourth-order valence-electron chi connectivity index (χ4n) is 3.70. The lowest BCUT2D eigenvalue weighted by atomic mass is 9.88. The van der Waals surface area contributed by atoms with Gasteiger partial charge in [-0.05, 0) is 45.4 Å². The largest absolute Gasteiger partial charge is 0.483 e. The van der Waals surface area contributed by atoms with Crippen molar-refractivity contribution in [2.45, 2.75) is 45.4 Å². The first-order valence-corrected chi connectivity index (χ1v) is 9.89. The zero-order valence-corrected chi connectivity index (χ0v) is 17.5. The Labute approximate surface area is 173 Å². The Morgan fingerprint density at radius 2 is 2.03 bits per heavy atom. The summed E-state index contributed by atoms with van der Waals surface area (Å²) in [5, 5.41) is 2.79. The first-order chi connectivity index (χ1) is 14.0. The molecule has 0 spiro atoms. The normalized spacial score (nSPS) is 18.2. The zero-order chi connectivity index (χ0) is 22.3. The molecule has 1 fully saturated rings. The van der Waals surface area contributed by atoms with Crippen molar-refractivity contribution in [3.8, 4) is 5.75 Å². The van der Waals surface area contributed by atoms with Crippen molar-refractivity contribution < 1.29 is 27.5 Å². The minimum atomic E-state index is -4.53. The summed E-state index contributed by atoms with van der Waals surface area (Å²) in [6.07, 6.45) is -3.58. The molecule has 0 radical (unpaired) electrons. The average Bonchev–Trinajstić information content (AvgIpc) is 3.08. The van der Waals surface area contributed by atoms with E-state index in [4.69, 9.17) is 4.74 Å². The molecule has 0 aliphatic carbocycles. The van der Waals surface area contributed by atoms with E-state index in [9.17, 15) is 22.8 Å². The highest BCUT2D eigenvalue weighted by atomic mass is 19.4. The van der Waals surface area contributed by atoms with Gasteiger partial charge >= 0.3 is 12.2 Å². The Bertz CT molecular complexity index is 893. The number of ether oxygens (including phenoxy) is 1. The molecule has 30 heavy (non-hydrogen) atoms. The summed E-state index contributed by atoms with van der Waals surface area (Å²) >= 11 is 0. The Morgan fingerprint density at radius 3 is 2.60 bits per heavy atom. The fourth-order valence-corrected chi connectivity index (χ4v) is 3.70. The highest BCUT2D eigenvalue weighted by molar-refractivity contribution is 5.92. The first-order valence-electron chi connectivity index (χ1n) is 9.89. The molecule has 2 aliphatic rings. The van der Waals surface area contributed by atoms with E-state index in [2.05, 4.69) is 5.32 Å². The SMILES string of the molecule is CCN(C)C(=O)NCC1=C(N2CCCC2=O)c2cc(C(F)(F)F)ccc2OC1(C)C. The molecule has 3 rings (SSSR count). The second-order valence-electron chi connectivity index (χ2n) is 7.97. The Balaban J connectivity index is 2.14. The van der Waals surface area contributed by atoms with Crippen molar-refractivity contribution in [1.82, 2.24) is 15.1 Å². The number of benzene rings is 1. The van der Waals surface area contributed by atoms with E-state index in [1.54, 1.807) is 20.9 Å².